The molecule has 5 heteroatoms. The van der Waals surface area contributed by atoms with E-state index in [2.05, 4.69) is 5.32 Å². The third-order valence-corrected chi connectivity index (χ3v) is 2.62. The summed E-state index contributed by atoms with van der Waals surface area (Å²) in [6.45, 7) is 0.420. The number of benzene rings is 1. The molecule has 0 unspecified atom stereocenters. The molecule has 0 atom stereocenters. The second kappa shape index (κ2) is 7.88. The van der Waals surface area contributed by atoms with Crippen molar-refractivity contribution < 1.29 is 14.7 Å². The largest absolute Gasteiger partial charge is 0.481 e. The highest BCUT2D eigenvalue weighted by Gasteiger charge is 2.03. The van der Waals surface area contributed by atoms with E-state index in [0.717, 1.165) is 5.56 Å². The number of aliphatic carboxylic acids is 1. The molecule has 100 valence electrons. The molecule has 0 aliphatic rings. The highest BCUT2D eigenvalue weighted by atomic mass is 16.4. The van der Waals surface area contributed by atoms with Crippen LogP contribution in [0.2, 0.25) is 0 Å². The summed E-state index contributed by atoms with van der Waals surface area (Å²) in [4.78, 5) is 21.8. The first-order chi connectivity index (χ1) is 9.11. The molecule has 19 heavy (non-hydrogen) atoms. The van der Waals surface area contributed by atoms with Gasteiger partial charge in [-0.3, -0.25) is 9.59 Å². The molecule has 1 rings (SSSR count). The van der Waals surface area contributed by atoms with Crippen LogP contribution in [0.1, 0.15) is 36.8 Å². The molecular weight excluding hydrogens is 244 g/mol. The third kappa shape index (κ3) is 6.22. The molecule has 1 aromatic rings. The second-order valence-electron chi connectivity index (χ2n) is 4.19. The average Bonchev–Trinajstić information content (AvgIpc) is 2.41. The summed E-state index contributed by atoms with van der Waals surface area (Å²) in [7, 11) is 0. The lowest BCUT2D eigenvalue weighted by molar-refractivity contribution is -0.137. The van der Waals surface area contributed by atoms with Gasteiger partial charge in [0.05, 0.1) is 11.6 Å². The summed E-state index contributed by atoms with van der Waals surface area (Å²) in [5.41, 5.74) is 1.52. The summed E-state index contributed by atoms with van der Waals surface area (Å²) in [5.74, 6) is -0.923. The van der Waals surface area contributed by atoms with Crippen molar-refractivity contribution in [3.63, 3.8) is 0 Å². The molecule has 0 fully saturated rings. The maximum atomic E-state index is 11.5. The van der Waals surface area contributed by atoms with Gasteiger partial charge in [-0.2, -0.15) is 5.26 Å². The average molecular weight is 260 g/mol. The molecule has 0 radical (unpaired) electrons. The van der Waals surface area contributed by atoms with E-state index in [0.29, 0.717) is 31.4 Å². The van der Waals surface area contributed by atoms with Gasteiger partial charge in [0.2, 0.25) is 5.91 Å². The van der Waals surface area contributed by atoms with Crippen molar-refractivity contribution in [3.8, 4) is 6.07 Å². The van der Waals surface area contributed by atoms with Gasteiger partial charge in [0.1, 0.15) is 0 Å². The Morgan fingerprint density at radius 2 is 1.79 bits per heavy atom. The van der Waals surface area contributed by atoms with Crippen LogP contribution in [-0.4, -0.2) is 17.0 Å². The number of hydrogen-bond donors (Lipinski definition) is 2. The van der Waals surface area contributed by atoms with Gasteiger partial charge in [-0.05, 0) is 30.5 Å². The minimum absolute atomic E-state index is 0.0882. The molecule has 1 amide bonds. The van der Waals surface area contributed by atoms with Crippen molar-refractivity contribution in [1.29, 1.82) is 5.26 Å². The van der Waals surface area contributed by atoms with Crippen LogP contribution in [0, 0.1) is 11.3 Å². The lowest BCUT2D eigenvalue weighted by Crippen LogP contribution is -2.22. The number of unbranched alkanes of at least 4 members (excludes halogenated alkanes) is 1. The van der Waals surface area contributed by atoms with E-state index in [1.165, 1.54) is 0 Å². The Kier molecular flexibility index (Phi) is 6.10. The first kappa shape index (κ1) is 14.7. The number of nitriles is 1. The molecule has 1 aromatic carbocycles. The van der Waals surface area contributed by atoms with Gasteiger partial charge in [0.15, 0.2) is 0 Å². The van der Waals surface area contributed by atoms with Crippen LogP contribution >= 0.6 is 0 Å². The fraction of sp³-hybridized carbons (Fsp3) is 0.357. The van der Waals surface area contributed by atoms with E-state index in [1.54, 1.807) is 24.3 Å². The van der Waals surface area contributed by atoms with E-state index >= 15 is 0 Å². The van der Waals surface area contributed by atoms with Crippen LogP contribution in [0.3, 0.4) is 0 Å². The Bertz CT molecular complexity index is 474. The molecule has 0 aromatic heterocycles. The van der Waals surface area contributed by atoms with Gasteiger partial charge >= 0.3 is 5.97 Å². The van der Waals surface area contributed by atoms with Gasteiger partial charge in [-0.25, -0.2) is 0 Å². The van der Waals surface area contributed by atoms with Crippen molar-refractivity contribution >= 4 is 11.9 Å². The summed E-state index contributed by atoms with van der Waals surface area (Å²) in [5, 5.41) is 19.8. The molecule has 0 saturated heterocycles. The Hall–Kier alpha value is -2.35. The number of hydrogen-bond acceptors (Lipinski definition) is 3. The minimum Gasteiger partial charge on any atom is -0.481 e. The molecule has 0 aliphatic heterocycles. The minimum atomic E-state index is -0.835. The smallest absolute Gasteiger partial charge is 0.303 e. The Morgan fingerprint density at radius 3 is 2.37 bits per heavy atom. The van der Waals surface area contributed by atoms with Crippen molar-refractivity contribution in [2.24, 2.45) is 0 Å². The molecule has 0 heterocycles. The summed E-state index contributed by atoms with van der Waals surface area (Å²) >= 11 is 0. The van der Waals surface area contributed by atoms with Crippen molar-refractivity contribution in [2.45, 2.75) is 32.2 Å². The first-order valence-electron chi connectivity index (χ1n) is 6.09. The number of nitrogens with zero attached hydrogens (tertiary/aromatic N) is 1. The number of carbonyl (C=O) groups excluding carboxylic acids is 1. The zero-order valence-corrected chi connectivity index (χ0v) is 10.6. The predicted octanol–water partition coefficient (Wildman–Crippen LogP) is 1.82. The highest BCUT2D eigenvalue weighted by molar-refractivity contribution is 5.75. The molecular formula is C14H16N2O3. The molecule has 0 spiro atoms. The first-order valence-corrected chi connectivity index (χ1v) is 6.09. The third-order valence-electron chi connectivity index (χ3n) is 2.62. The van der Waals surface area contributed by atoms with Gasteiger partial charge in [0.25, 0.3) is 0 Å². The Labute approximate surface area is 111 Å². The van der Waals surface area contributed by atoms with Gasteiger partial charge < -0.3 is 10.4 Å². The molecule has 0 aliphatic carbocycles. The molecule has 5 nitrogen and oxygen atoms in total. The summed E-state index contributed by atoms with van der Waals surface area (Å²) in [6, 6.07) is 9.02. The topological polar surface area (TPSA) is 90.2 Å². The number of rotatable bonds is 7. The van der Waals surface area contributed by atoms with E-state index in [1.807, 2.05) is 6.07 Å². The number of carboxylic acid groups (broad SMARTS) is 1. The van der Waals surface area contributed by atoms with Gasteiger partial charge in [-0.1, -0.05) is 12.1 Å². The monoisotopic (exact) mass is 260 g/mol. The SMILES string of the molecule is N#Cc1ccc(CNC(=O)CCCCC(=O)O)cc1. The molecule has 0 saturated carbocycles. The zero-order chi connectivity index (χ0) is 14.1. The fourth-order valence-electron chi connectivity index (χ4n) is 1.55. The molecule has 0 bridgehead atoms. The second-order valence-corrected chi connectivity index (χ2v) is 4.19. The summed E-state index contributed by atoms with van der Waals surface area (Å²) in [6.07, 6.45) is 1.53. The number of nitrogens with one attached hydrogen (secondary N) is 1. The zero-order valence-electron chi connectivity index (χ0n) is 10.6. The highest BCUT2D eigenvalue weighted by Crippen LogP contribution is 2.04. The standard InChI is InChI=1S/C14H16N2O3/c15-9-11-5-7-12(8-6-11)10-16-13(17)3-1-2-4-14(18)19/h5-8H,1-4,10H2,(H,16,17)(H,18,19). The summed E-state index contributed by atoms with van der Waals surface area (Å²) < 4.78 is 0. The van der Waals surface area contributed by atoms with E-state index in [4.69, 9.17) is 10.4 Å². The normalized spacial score (nSPS) is 9.63. The van der Waals surface area contributed by atoms with Crippen molar-refractivity contribution in [2.75, 3.05) is 0 Å². The van der Waals surface area contributed by atoms with E-state index in [-0.39, 0.29) is 12.3 Å². The number of amides is 1. The van der Waals surface area contributed by atoms with Crippen molar-refractivity contribution in [3.05, 3.63) is 35.4 Å². The predicted molar refractivity (Wildman–Crippen MR) is 69.1 cm³/mol. The maximum Gasteiger partial charge on any atom is 0.303 e. The lowest BCUT2D eigenvalue weighted by Gasteiger charge is -2.05. The van der Waals surface area contributed by atoms with Crippen LogP contribution in [-0.2, 0) is 16.1 Å². The van der Waals surface area contributed by atoms with E-state index in [9.17, 15) is 9.59 Å². The Morgan fingerprint density at radius 1 is 1.16 bits per heavy atom. The van der Waals surface area contributed by atoms with Crippen LogP contribution in [0.15, 0.2) is 24.3 Å². The fourth-order valence-corrected chi connectivity index (χ4v) is 1.55. The van der Waals surface area contributed by atoms with Gasteiger partial charge in [-0.15, -0.1) is 0 Å². The quantitative estimate of drug-likeness (QED) is 0.732. The number of carboxylic acids is 1. The van der Waals surface area contributed by atoms with Crippen LogP contribution in [0.25, 0.3) is 0 Å². The lowest BCUT2D eigenvalue weighted by atomic mass is 10.1. The van der Waals surface area contributed by atoms with Crippen LogP contribution < -0.4 is 5.32 Å². The van der Waals surface area contributed by atoms with Crippen LogP contribution in [0.4, 0.5) is 0 Å². The van der Waals surface area contributed by atoms with Gasteiger partial charge in [0, 0.05) is 19.4 Å². The molecule has 2 N–H and O–H groups in total. The van der Waals surface area contributed by atoms with E-state index < -0.39 is 5.97 Å². The van der Waals surface area contributed by atoms with Crippen LogP contribution in [0.5, 0.6) is 0 Å². The Balaban J connectivity index is 2.22. The maximum absolute atomic E-state index is 11.5. The van der Waals surface area contributed by atoms with Crippen molar-refractivity contribution in [1.82, 2.24) is 5.32 Å². The number of carbonyl (C=O) groups is 2.